The van der Waals surface area contributed by atoms with Crippen LogP contribution in [0.5, 0.6) is 0 Å². The van der Waals surface area contributed by atoms with E-state index in [1.165, 1.54) is 12.3 Å². The smallest absolute Gasteiger partial charge is 0.141 e. The lowest BCUT2D eigenvalue weighted by molar-refractivity contribution is 0.153. The van der Waals surface area contributed by atoms with Gasteiger partial charge in [0.05, 0.1) is 12.3 Å². The molecule has 1 atom stereocenters. The fourth-order valence-electron chi connectivity index (χ4n) is 1.16. The Morgan fingerprint density at radius 2 is 2.21 bits per heavy atom. The zero-order valence-electron chi connectivity index (χ0n) is 8.44. The zero-order valence-corrected chi connectivity index (χ0v) is 8.44. The Morgan fingerprint density at radius 3 is 2.79 bits per heavy atom. The maximum absolute atomic E-state index is 12.7. The number of aliphatic hydroxyl groups is 1. The van der Waals surface area contributed by atoms with E-state index in [2.05, 4.69) is 4.98 Å². The Kier molecular flexibility index (Phi) is 3.98. The topological polar surface area (TPSA) is 36.4 Å². The minimum Gasteiger partial charge on any atom is -0.388 e. The molecule has 0 bridgehead atoms. The Bertz CT molecular complexity index is 291. The Labute approximate surface area is 83.2 Å². The van der Waals surface area contributed by atoms with Crippen molar-refractivity contribution in [3.8, 4) is 0 Å². The Balaban J connectivity index is 2.56. The molecule has 1 rings (SSSR count). The lowest BCUT2D eigenvalue weighted by Gasteiger charge is -2.14. The van der Waals surface area contributed by atoms with Crippen LogP contribution in [0.4, 0.5) is 4.39 Å². The van der Waals surface area contributed by atoms with Gasteiger partial charge in [-0.3, -0.25) is 4.98 Å². The molecule has 1 heterocycles. The van der Waals surface area contributed by atoms with Crippen LogP contribution in [-0.2, 0) is 0 Å². The maximum atomic E-state index is 12.7. The number of rotatable bonds is 4. The number of pyridine rings is 1. The summed E-state index contributed by atoms with van der Waals surface area (Å²) in [4.78, 5) is 5.65. The first-order valence-electron chi connectivity index (χ1n) is 4.53. The predicted molar refractivity (Wildman–Crippen MR) is 52.3 cm³/mol. The summed E-state index contributed by atoms with van der Waals surface area (Å²) in [5, 5.41) is 9.66. The van der Waals surface area contributed by atoms with Gasteiger partial charge in [0.2, 0.25) is 0 Å². The molecule has 0 saturated carbocycles. The fraction of sp³-hybridized carbons (Fsp3) is 0.500. The summed E-state index contributed by atoms with van der Waals surface area (Å²) in [5.74, 6) is -0.411. The molecule has 0 spiro atoms. The van der Waals surface area contributed by atoms with Gasteiger partial charge in [0.25, 0.3) is 0 Å². The Morgan fingerprint density at radius 1 is 1.50 bits per heavy atom. The summed E-state index contributed by atoms with van der Waals surface area (Å²) in [6.45, 7) is 0.762. The molecule has 0 radical (unpaired) electrons. The monoisotopic (exact) mass is 198 g/mol. The van der Waals surface area contributed by atoms with Gasteiger partial charge in [-0.25, -0.2) is 4.39 Å². The van der Waals surface area contributed by atoms with Crippen LogP contribution in [0.2, 0.25) is 0 Å². The number of hydrogen-bond donors (Lipinski definition) is 1. The molecular formula is C10H15FN2O. The van der Waals surface area contributed by atoms with Crippen molar-refractivity contribution in [1.29, 1.82) is 0 Å². The van der Waals surface area contributed by atoms with Gasteiger partial charge in [0.1, 0.15) is 5.82 Å². The molecule has 0 aliphatic carbocycles. The molecular weight excluding hydrogens is 183 g/mol. The Hall–Kier alpha value is -1.00. The van der Waals surface area contributed by atoms with Crippen molar-refractivity contribution in [3.05, 3.63) is 29.8 Å². The quantitative estimate of drug-likeness (QED) is 0.790. The van der Waals surface area contributed by atoms with E-state index in [4.69, 9.17) is 0 Å². The fourth-order valence-corrected chi connectivity index (χ4v) is 1.16. The third kappa shape index (κ3) is 3.40. The molecule has 0 saturated heterocycles. The lowest BCUT2D eigenvalue weighted by atomic mass is 10.1. The highest BCUT2D eigenvalue weighted by Gasteiger charge is 2.08. The second kappa shape index (κ2) is 5.02. The largest absolute Gasteiger partial charge is 0.388 e. The maximum Gasteiger partial charge on any atom is 0.141 e. The van der Waals surface area contributed by atoms with E-state index in [-0.39, 0.29) is 0 Å². The minimum atomic E-state index is -0.638. The van der Waals surface area contributed by atoms with Crippen LogP contribution in [-0.4, -0.2) is 35.6 Å². The zero-order chi connectivity index (χ0) is 10.6. The molecule has 3 nitrogen and oxygen atoms in total. The van der Waals surface area contributed by atoms with Gasteiger partial charge in [-0.1, -0.05) is 0 Å². The SMILES string of the molecule is CN(C)CCC(O)c1cncc(F)c1. The summed E-state index contributed by atoms with van der Waals surface area (Å²) in [5.41, 5.74) is 0.534. The van der Waals surface area contributed by atoms with E-state index in [1.807, 2.05) is 19.0 Å². The second-order valence-electron chi connectivity index (χ2n) is 3.54. The van der Waals surface area contributed by atoms with Crippen LogP contribution < -0.4 is 0 Å². The van der Waals surface area contributed by atoms with E-state index < -0.39 is 11.9 Å². The average molecular weight is 198 g/mol. The predicted octanol–water partition coefficient (Wildman–Crippen LogP) is 1.21. The van der Waals surface area contributed by atoms with Gasteiger partial charge in [-0.2, -0.15) is 0 Å². The first-order valence-corrected chi connectivity index (χ1v) is 4.53. The normalized spacial score (nSPS) is 13.2. The summed E-state index contributed by atoms with van der Waals surface area (Å²) in [6.07, 6.45) is 2.56. The van der Waals surface area contributed by atoms with Crippen LogP contribution in [0.1, 0.15) is 18.1 Å². The molecule has 1 N–H and O–H groups in total. The summed E-state index contributed by atoms with van der Waals surface area (Å²) >= 11 is 0. The highest BCUT2D eigenvalue weighted by atomic mass is 19.1. The van der Waals surface area contributed by atoms with Crippen LogP contribution >= 0.6 is 0 Å². The van der Waals surface area contributed by atoms with Gasteiger partial charge in [0, 0.05) is 18.3 Å². The number of halogens is 1. The summed E-state index contributed by atoms with van der Waals surface area (Å²) in [7, 11) is 3.85. The molecule has 0 aliphatic heterocycles. The van der Waals surface area contributed by atoms with E-state index in [9.17, 15) is 9.50 Å². The van der Waals surface area contributed by atoms with Gasteiger partial charge >= 0.3 is 0 Å². The van der Waals surface area contributed by atoms with E-state index in [1.54, 1.807) is 0 Å². The lowest BCUT2D eigenvalue weighted by Crippen LogP contribution is -2.16. The number of aliphatic hydroxyl groups excluding tert-OH is 1. The highest BCUT2D eigenvalue weighted by Crippen LogP contribution is 2.15. The summed E-state index contributed by atoms with van der Waals surface area (Å²) in [6, 6.07) is 1.31. The van der Waals surface area contributed by atoms with Crippen LogP contribution in [0.25, 0.3) is 0 Å². The standard InChI is InChI=1S/C10H15FN2O/c1-13(2)4-3-10(14)8-5-9(11)7-12-6-8/h5-7,10,14H,3-4H2,1-2H3. The van der Waals surface area contributed by atoms with E-state index >= 15 is 0 Å². The van der Waals surface area contributed by atoms with Gasteiger partial charge in [0.15, 0.2) is 0 Å². The van der Waals surface area contributed by atoms with Crippen LogP contribution in [0.3, 0.4) is 0 Å². The molecule has 14 heavy (non-hydrogen) atoms. The average Bonchev–Trinajstić information content (AvgIpc) is 2.14. The van der Waals surface area contributed by atoms with Crippen molar-refractivity contribution in [1.82, 2.24) is 9.88 Å². The van der Waals surface area contributed by atoms with Gasteiger partial charge < -0.3 is 10.0 Å². The van der Waals surface area contributed by atoms with Crippen LogP contribution in [0, 0.1) is 5.82 Å². The van der Waals surface area contributed by atoms with Gasteiger partial charge in [-0.15, -0.1) is 0 Å². The number of hydrogen-bond acceptors (Lipinski definition) is 3. The van der Waals surface area contributed by atoms with Crippen molar-refractivity contribution in [3.63, 3.8) is 0 Å². The minimum absolute atomic E-state index is 0.411. The highest BCUT2D eigenvalue weighted by molar-refractivity contribution is 5.13. The van der Waals surface area contributed by atoms with Crippen molar-refractivity contribution in [2.45, 2.75) is 12.5 Å². The number of nitrogens with zero attached hydrogens (tertiary/aromatic N) is 2. The molecule has 1 aromatic rings. The van der Waals surface area contributed by atoms with E-state index in [0.29, 0.717) is 12.0 Å². The molecule has 1 aromatic heterocycles. The third-order valence-corrected chi connectivity index (χ3v) is 1.96. The molecule has 1 unspecified atom stereocenters. The van der Waals surface area contributed by atoms with Gasteiger partial charge in [-0.05, 0) is 26.6 Å². The van der Waals surface area contributed by atoms with Crippen molar-refractivity contribution in [2.75, 3.05) is 20.6 Å². The van der Waals surface area contributed by atoms with Crippen molar-refractivity contribution >= 4 is 0 Å². The first kappa shape index (κ1) is 11.1. The second-order valence-corrected chi connectivity index (χ2v) is 3.54. The molecule has 0 aromatic carbocycles. The van der Waals surface area contributed by atoms with Crippen LogP contribution in [0.15, 0.2) is 18.5 Å². The molecule has 0 amide bonds. The first-order chi connectivity index (χ1) is 6.59. The summed E-state index contributed by atoms with van der Waals surface area (Å²) < 4.78 is 12.7. The van der Waals surface area contributed by atoms with Crippen molar-refractivity contribution in [2.24, 2.45) is 0 Å². The van der Waals surface area contributed by atoms with E-state index in [0.717, 1.165) is 12.7 Å². The molecule has 0 aliphatic rings. The molecule has 78 valence electrons. The molecule has 4 heteroatoms. The third-order valence-electron chi connectivity index (χ3n) is 1.96. The number of aromatic nitrogens is 1. The van der Waals surface area contributed by atoms with Crippen molar-refractivity contribution < 1.29 is 9.50 Å². The molecule has 0 fully saturated rings.